The lowest BCUT2D eigenvalue weighted by molar-refractivity contribution is 0.169. The second-order valence-electron chi connectivity index (χ2n) is 3.05. The minimum Gasteiger partial charge on any atom is -0.388 e. The molecule has 0 radical (unpaired) electrons. The summed E-state index contributed by atoms with van der Waals surface area (Å²) in [4.78, 5) is 0. The van der Waals surface area contributed by atoms with E-state index in [1.54, 1.807) is 19.1 Å². The first kappa shape index (κ1) is 10.2. The summed E-state index contributed by atoms with van der Waals surface area (Å²) in [7, 11) is 0. The van der Waals surface area contributed by atoms with Crippen molar-refractivity contribution in [1.29, 1.82) is 0 Å². The molecular weight excluding hydrogens is 169 g/mol. The van der Waals surface area contributed by atoms with E-state index in [1.807, 2.05) is 0 Å². The maximum atomic E-state index is 13.0. The predicted octanol–water partition coefficient (Wildman–Crippen LogP) is 1.52. The number of nitrogens with two attached hydrogens (primary N) is 1. The number of hydrogen-bond donors (Lipinski definition) is 2. The highest BCUT2D eigenvalue weighted by molar-refractivity contribution is 5.29. The number of rotatable bonds is 3. The first-order valence-electron chi connectivity index (χ1n) is 4.30. The molecule has 1 rings (SSSR count). The SMILES string of the molecule is Cc1c(F)cccc1C(O)CCN. The Labute approximate surface area is 77.2 Å². The maximum Gasteiger partial charge on any atom is 0.126 e. The van der Waals surface area contributed by atoms with Gasteiger partial charge < -0.3 is 10.8 Å². The van der Waals surface area contributed by atoms with Gasteiger partial charge in [-0.2, -0.15) is 0 Å². The Bertz CT molecular complexity index is 288. The van der Waals surface area contributed by atoms with Crippen LogP contribution in [0.2, 0.25) is 0 Å². The summed E-state index contributed by atoms with van der Waals surface area (Å²) in [6, 6.07) is 4.70. The summed E-state index contributed by atoms with van der Waals surface area (Å²) in [6.45, 7) is 2.06. The van der Waals surface area contributed by atoms with Crippen molar-refractivity contribution in [3.8, 4) is 0 Å². The van der Waals surface area contributed by atoms with E-state index in [0.717, 1.165) is 0 Å². The largest absolute Gasteiger partial charge is 0.388 e. The number of aliphatic hydroxyl groups excluding tert-OH is 1. The molecule has 3 heteroatoms. The third-order valence-corrected chi connectivity index (χ3v) is 2.11. The average molecular weight is 183 g/mol. The molecule has 0 aliphatic heterocycles. The van der Waals surface area contributed by atoms with Crippen LogP contribution in [0.1, 0.15) is 23.7 Å². The van der Waals surface area contributed by atoms with Crippen molar-refractivity contribution in [1.82, 2.24) is 0 Å². The van der Waals surface area contributed by atoms with Crippen molar-refractivity contribution in [3.63, 3.8) is 0 Å². The number of aliphatic hydroxyl groups is 1. The average Bonchev–Trinajstić information content (AvgIpc) is 2.10. The Morgan fingerprint density at radius 1 is 1.54 bits per heavy atom. The Hall–Kier alpha value is -0.930. The van der Waals surface area contributed by atoms with E-state index in [4.69, 9.17) is 5.73 Å². The first-order chi connectivity index (χ1) is 6.16. The Morgan fingerprint density at radius 2 is 2.23 bits per heavy atom. The molecule has 0 saturated heterocycles. The van der Waals surface area contributed by atoms with Crippen molar-refractivity contribution in [2.45, 2.75) is 19.4 Å². The van der Waals surface area contributed by atoms with Gasteiger partial charge in [0.2, 0.25) is 0 Å². The van der Waals surface area contributed by atoms with Gasteiger partial charge in [0.15, 0.2) is 0 Å². The van der Waals surface area contributed by atoms with Crippen LogP contribution in [0.5, 0.6) is 0 Å². The molecule has 1 aromatic carbocycles. The molecule has 72 valence electrons. The van der Waals surface area contributed by atoms with E-state index in [9.17, 15) is 9.50 Å². The molecule has 1 atom stereocenters. The molecule has 0 aromatic heterocycles. The molecule has 0 saturated carbocycles. The minimum atomic E-state index is -0.652. The number of hydrogen-bond acceptors (Lipinski definition) is 2. The zero-order chi connectivity index (χ0) is 9.84. The lowest BCUT2D eigenvalue weighted by atomic mass is 10.0. The van der Waals surface area contributed by atoms with Crippen molar-refractivity contribution in [2.75, 3.05) is 6.54 Å². The van der Waals surface area contributed by atoms with Gasteiger partial charge in [-0.1, -0.05) is 12.1 Å². The molecule has 0 aliphatic carbocycles. The van der Waals surface area contributed by atoms with E-state index in [-0.39, 0.29) is 5.82 Å². The highest BCUT2D eigenvalue weighted by atomic mass is 19.1. The maximum absolute atomic E-state index is 13.0. The summed E-state index contributed by atoms with van der Waals surface area (Å²) in [5.74, 6) is -0.284. The van der Waals surface area contributed by atoms with Gasteiger partial charge in [0.25, 0.3) is 0 Å². The van der Waals surface area contributed by atoms with Crippen molar-refractivity contribution in [2.24, 2.45) is 5.73 Å². The van der Waals surface area contributed by atoms with E-state index < -0.39 is 6.10 Å². The topological polar surface area (TPSA) is 46.2 Å². The molecule has 0 amide bonds. The second-order valence-corrected chi connectivity index (χ2v) is 3.05. The summed E-state index contributed by atoms with van der Waals surface area (Å²) in [5, 5.41) is 9.58. The molecule has 13 heavy (non-hydrogen) atoms. The highest BCUT2D eigenvalue weighted by Crippen LogP contribution is 2.21. The van der Waals surface area contributed by atoms with Gasteiger partial charge in [0.1, 0.15) is 5.82 Å². The van der Waals surface area contributed by atoms with E-state index in [2.05, 4.69) is 0 Å². The van der Waals surface area contributed by atoms with Crippen LogP contribution in [0, 0.1) is 12.7 Å². The zero-order valence-corrected chi connectivity index (χ0v) is 7.63. The van der Waals surface area contributed by atoms with Gasteiger partial charge in [0.05, 0.1) is 6.10 Å². The van der Waals surface area contributed by atoms with Gasteiger partial charge in [-0.3, -0.25) is 0 Å². The van der Waals surface area contributed by atoms with E-state index in [0.29, 0.717) is 24.1 Å². The van der Waals surface area contributed by atoms with Crippen LogP contribution in [0.25, 0.3) is 0 Å². The lowest BCUT2D eigenvalue weighted by Gasteiger charge is -2.12. The van der Waals surface area contributed by atoms with Crippen molar-refractivity contribution in [3.05, 3.63) is 35.1 Å². The van der Waals surface area contributed by atoms with Crippen LogP contribution in [0.15, 0.2) is 18.2 Å². The van der Waals surface area contributed by atoms with Crippen LogP contribution in [0.3, 0.4) is 0 Å². The molecule has 0 spiro atoms. The fourth-order valence-corrected chi connectivity index (χ4v) is 1.30. The Morgan fingerprint density at radius 3 is 2.85 bits per heavy atom. The third kappa shape index (κ3) is 2.26. The van der Waals surface area contributed by atoms with Gasteiger partial charge >= 0.3 is 0 Å². The second kappa shape index (κ2) is 4.35. The van der Waals surface area contributed by atoms with Gasteiger partial charge in [-0.05, 0) is 37.1 Å². The van der Waals surface area contributed by atoms with Crippen molar-refractivity contribution < 1.29 is 9.50 Å². The molecular formula is C10H14FNO. The van der Waals surface area contributed by atoms with Crippen molar-refractivity contribution >= 4 is 0 Å². The highest BCUT2D eigenvalue weighted by Gasteiger charge is 2.11. The van der Waals surface area contributed by atoms with Crippen LogP contribution < -0.4 is 5.73 Å². The smallest absolute Gasteiger partial charge is 0.126 e. The molecule has 0 aliphatic rings. The summed E-state index contributed by atoms with van der Waals surface area (Å²) in [5.41, 5.74) is 6.43. The fraction of sp³-hybridized carbons (Fsp3) is 0.400. The summed E-state index contributed by atoms with van der Waals surface area (Å²) < 4.78 is 13.0. The predicted molar refractivity (Wildman–Crippen MR) is 49.8 cm³/mol. The molecule has 0 heterocycles. The molecule has 3 N–H and O–H groups in total. The molecule has 2 nitrogen and oxygen atoms in total. The van der Waals surface area contributed by atoms with Crippen LogP contribution in [-0.4, -0.2) is 11.7 Å². The van der Waals surface area contributed by atoms with Crippen LogP contribution in [0.4, 0.5) is 4.39 Å². The number of benzene rings is 1. The normalized spacial score (nSPS) is 12.9. The third-order valence-electron chi connectivity index (χ3n) is 2.11. The number of halogens is 1. The summed E-state index contributed by atoms with van der Waals surface area (Å²) >= 11 is 0. The lowest BCUT2D eigenvalue weighted by Crippen LogP contribution is -2.08. The molecule has 0 bridgehead atoms. The van der Waals surface area contributed by atoms with Crippen LogP contribution in [-0.2, 0) is 0 Å². The monoisotopic (exact) mass is 183 g/mol. The quantitative estimate of drug-likeness (QED) is 0.746. The first-order valence-corrected chi connectivity index (χ1v) is 4.30. The zero-order valence-electron chi connectivity index (χ0n) is 7.63. The van der Waals surface area contributed by atoms with Gasteiger partial charge in [-0.25, -0.2) is 4.39 Å². The Balaban J connectivity index is 2.93. The van der Waals surface area contributed by atoms with E-state index in [1.165, 1.54) is 6.07 Å². The van der Waals surface area contributed by atoms with Crippen LogP contribution >= 0.6 is 0 Å². The molecule has 0 fully saturated rings. The van der Waals surface area contributed by atoms with E-state index >= 15 is 0 Å². The minimum absolute atomic E-state index is 0.284. The van der Waals surface area contributed by atoms with Gasteiger partial charge in [-0.15, -0.1) is 0 Å². The molecule has 1 aromatic rings. The molecule has 1 unspecified atom stereocenters. The standard InChI is InChI=1S/C10H14FNO/c1-7-8(10(13)5-6-12)3-2-4-9(7)11/h2-4,10,13H,5-6,12H2,1H3. The van der Waals surface area contributed by atoms with Gasteiger partial charge in [0, 0.05) is 0 Å². The fourth-order valence-electron chi connectivity index (χ4n) is 1.30. The Kier molecular flexibility index (Phi) is 3.39. The summed E-state index contributed by atoms with van der Waals surface area (Å²) in [6.07, 6.45) is -0.190.